The third kappa shape index (κ3) is 7.08. The SMILES string of the molecule is CC(N)C1CCN(C(=O)Cc2csc(COc3ccc(Cl)cc3)n2)CC1.Cl.Cl. The van der Waals surface area contributed by atoms with Crippen molar-refractivity contribution in [2.75, 3.05) is 13.1 Å². The predicted octanol–water partition coefficient (Wildman–Crippen LogP) is 4.35. The van der Waals surface area contributed by atoms with Gasteiger partial charge in [-0.3, -0.25) is 4.79 Å². The summed E-state index contributed by atoms with van der Waals surface area (Å²) in [5.74, 6) is 1.41. The molecule has 0 saturated carbocycles. The maximum Gasteiger partial charge on any atom is 0.228 e. The number of hydrogen-bond donors (Lipinski definition) is 1. The molecule has 1 aliphatic rings. The lowest BCUT2D eigenvalue weighted by Gasteiger charge is -2.33. The minimum atomic E-state index is 0. The van der Waals surface area contributed by atoms with Crippen molar-refractivity contribution in [1.82, 2.24) is 9.88 Å². The van der Waals surface area contributed by atoms with Gasteiger partial charge in [-0.25, -0.2) is 4.98 Å². The van der Waals surface area contributed by atoms with Crippen LogP contribution >= 0.6 is 47.8 Å². The normalized spacial score (nSPS) is 15.3. The fourth-order valence-corrected chi connectivity index (χ4v) is 3.94. The number of benzene rings is 1. The minimum Gasteiger partial charge on any atom is -0.486 e. The quantitative estimate of drug-likeness (QED) is 0.687. The highest BCUT2D eigenvalue weighted by Crippen LogP contribution is 2.21. The van der Waals surface area contributed by atoms with Crippen LogP contribution in [0.2, 0.25) is 5.02 Å². The predicted molar refractivity (Wildman–Crippen MR) is 119 cm³/mol. The molecule has 0 aliphatic carbocycles. The summed E-state index contributed by atoms with van der Waals surface area (Å²) < 4.78 is 5.70. The molecule has 1 atom stereocenters. The van der Waals surface area contributed by atoms with Crippen molar-refractivity contribution in [3.63, 3.8) is 0 Å². The van der Waals surface area contributed by atoms with E-state index in [1.807, 2.05) is 29.3 Å². The number of ether oxygens (including phenoxy) is 1. The number of nitrogens with zero attached hydrogens (tertiary/aromatic N) is 2. The van der Waals surface area contributed by atoms with E-state index in [9.17, 15) is 4.79 Å². The topological polar surface area (TPSA) is 68.5 Å². The van der Waals surface area contributed by atoms with Crippen LogP contribution in [0, 0.1) is 5.92 Å². The van der Waals surface area contributed by atoms with Gasteiger partial charge in [-0.05, 0) is 49.9 Å². The Hall–Kier alpha value is -1.05. The van der Waals surface area contributed by atoms with Gasteiger partial charge in [0.1, 0.15) is 17.4 Å². The maximum absolute atomic E-state index is 12.5. The molecule has 0 bridgehead atoms. The van der Waals surface area contributed by atoms with Crippen LogP contribution in [-0.4, -0.2) is 34.9 Å². The second-order valence-corrected chi connectivity index (χ2v) is 8.11. The van der Waals surface area contributed by atoms with Crippen LogP contribution < -0.4 is 10.5 Å². The van der Waals surface area contributed by atoms with Crippen LogP contribution in [0.1, 0.15) is 30.5 Å². The molecule has 2 heterocycles. The summed E-state index contributed by atoms with van der Waals surface area (Å²) in [4.78, 5) is 18.9. The standard InChI is InChI=1S/C19H24ClN3O2S.2ClH/c1-13(21)14-6-8-23(9-7-14)19(24)10-16-12-26-18(22-16)11-25-17-4-2-15(20)3-5-17;;/h2-5,12-14H,6-11,21H2,1H3;2*1H. The van der Waals surface area contributed by atoms with E-state index in [1.54, 1.807) is 12.1 Å². The molecular weight excluding hydrogens is 441 g/mol. The van der Waals surface area contributed by atoms with Gasteiger partial charge >= 0.3 is 0 Å². The van der Waals surface area contributed by atoms with Crippen LogP contribution in [-0.2, 0) is 17.8 Å². The van der Waals surface area contributed by atoms with E-state index >= 15 is 0 Å². The highest BCUT2D eigenvalue weighted by molar-refractivity contribution is 7.09. The number of thiazole rings is 1. The van der Waals surface area contributed by atoms with Gasteiger partial charge in [0.25, 0.3) is 0 Å². The second-order valence-electron chi connectivity index (χ2n) is 6.73. The van der Waals surface area contributed by atoms with Crippen molar-refractivity contribution >= 4 is 53.7 Å². The third-order valence-corrected chi connectivity index (χ3v) is 5.87. The maximum atomic E-state index is 12.5. The molecular formula is C19H26Cl3N3O2S. The van der Waals surface area contributed by atoms with Crippen molar-refractivity contribution in [3.05, 3.63) is 45.4 Å². The highest BCUT2D eigenvalue weighted by atomic mass is 35.5. The Labute approximate surface area is 187 Å². The molecule has 1 unspecified atom stereocenters. The van der Waals surface area contributed by atoms with Crippen LogP contribution in [0.4, 0.5) is 0 Å². The highest BCUT2D eigenvalue weighted by Gasteiger charge is 2.25. The summed E-state index contributed by atoms with van der Waals surface area (Å²) >= 11 is 7.38. The number of carbonyl (C=O) groups excluding carboxylic acids is 1. The van der Waals surface area contributed by atoms with Crippen LogP contribution in [0.5, 0.6) is 5.75 Å². The van der Waals surface area contributed by atoms with Gasteiger partial charge in [0.15, 0.2) is 0 Å². The summed E-state index contributed by atoms with van der Waals surface area (Å²) in [7, 11) is 0. The largest absolute Gasteiger partial charge is 0.486 e. The molecule has 5 nitrogen and oxygen atoms in total. The van der Waals surface area contributed by atoms with E-state index in [4.69, 9.17) is 22.1 Å². The van der Waals surface area contributed by atoms with Crippen molar-refractivity contribution in [2.24, 2.45) is 11.7 Å². The lowest BCUT2D eigenvalue weighted by atomic mass is 9.91. The average Bonchev–Trinajstić information content (AvgIpc) is 3.08. The Balaban J connectivity index is 0.00000196. The Kier molecular flexibility index (Phi) is 10.6. The van der Waals surface area contributed by atoms with E-state index < -0.39 is 0 Å². The molecule has 156 valence electrons. The lowest BCUT2D eigenvalue weighted by Crippen LogP contribution is -2.43. The van der Waals surface area contributed by atoms with Crippen LogP contribution in [0.3, 0.4) is 0 Å². The lowest BCUT2D eigenvalue weighted by molar-refractivity contribution is -0.132. The molecule has 1 amide bonds. The van der Waals surface area contributed by atoms with Gasteiger partial charge in [-0.15, -0.1) is 36.2 Å². The number of piperidine rings is 1. The van der Waals surface area contributed by atoms with E-state index in [2.05, 4.69) is 4.98 Å². The first-order valence-electron chi connectivity index (χ1n) is 8.86. The monoisotopic (exact) mass is 465 g/mol. The fourth-order valence-electron chi connectivity index (χ4n) is 3.11. The Morgan fingerprint density at radius 3 is 2.57 bits per heavy atom. The first kappa shape index (κ1) is 25.0. The molecule has 2 aromatic rings. The number of amides is 1. The summed E-state index contributed by atoms with van der Waals surface area (Å²) in [6.07, 6.45) is 2.32. The molecule has 9 heteroatoms. The zero-order valence-electron chi connectivity index (χ0n) is 15.7. The van der Waals surface area contributed by atoms with Crippen molar-refractivity contribution in [3.8, 4) is 5.75 Å². The number of carbonyl (C=O) groups is 1. The number of rotatable bonds is 6. The fraction of sp³-hybridized carbons (Fsp3) is 0.474. The summed E-state index contributed by atoms with van der Waals surface area (Å²) in [5.41, 5.74) is 6.77. The van der Waals surface area contributed by atoms with Crippen LogP contribution in [0.25, 0.3) is 0 Å². The molecule has 3 rings (SSSR count). The molecule has 1 aromatic heterocycles. The van der Waals surface area contributed by atoms with Gasteiger partial charge in [0, 0.05) is 29.5 Å². The zero-order valence-corrected chi connectivity index (χ0v) is 18.9. The number of halogens is 3. The summed E-state index contributed by atoms with van der Waals surface area (Å²) in [5, 5.41) is 3.48. The molecule has 28 heavy (non-hydrogen) atoms. The molecule has 1 aliphatic heterocycles. The first-order chi connectivity index (χ1) is 12.5. The van der Waals surface area contributed by atoms with Gasteiger partial charge < -0.3 is 15.4 Å². The Morgan fingerprint density at radius 1 is 1.32 bits per heavy atom. The summed E-state index contributed by atoms with van der Waals surface area (Å²) in [6, 6.07) is 7.43. The molecule has 2 N–H and O–H groups in total. The summed E-state index contributed by atoms with van der Waals surface area (Å²) in [6.45, 7) is 4.02. The number of aromatic nitrogens is 1. The van der Waals surface area contributed by atoms with Crippen LogP contribution in [0.15, 0.2) is 29.6 Å². The minimum absolute atomic E-state index is 0. The smallest absolute Gasteiger partial charge is 0.228 e. The number of nitrogens with two attached hydrogens (primary N) is 1. The van der Waals surface area contributed by atoms with Gasteiger partial charge in [0.2, 0.25) is 5.91 Å². The van der Waals surface area contributed by atoms with E-state index in [0.717, 1.165) is 42.4 Å². The van der Waals surface area contributed by atoms with Crippen molar-refractivity contribution < 1.29 is 9.53 Å². The van der Waals surface area contributed by atoms with Crippen molar-refractivity contribution in [1.29, 1.82) is 0 Å². The average molecular weight is 467 g/mol. The third-order valence-electron chi connectivity index (χ3n) is 4.74. The Morgan fingerprint density at radius 2 is 1.96 bits per heavy atom. The molecule has 1 saturated heterocycles. The number of hydrogen-bond acceptors (Lipinski definition) is 5. The second kappa shape index (κ2) is 11.8. The first-order valence-corrected chi connectivity index (χ1v) is 10.1. The molecule has 1 aromatic carbocycles. The van der Waals surface area contributed by atoms with Crippen molar-refractivity contribution in [2.45, 2.75) is 38.8 Å². The molecule has 1 fully saturated rings. The van der Waals surface area contributed by atoms with Gasteiger partial charge in [0.05, 0.1) is 12.1 Å². The zero-order chi connectivity index (χ0) is 18.5. The Bertz CT molecular complexity index is 732. The molecule has 0 radical (unpaired) electrons. The van der Waals surface area contributed by atoms with Gasteiger partial charge in [-0.1, -0.05) is 11.6 Å². The van der Waals surface area contributed by atoms with Gasteiger partial charge in [-0.2, -0.15) is 0 Å². The van der Waals surface area contributed by atoms with E-state index in [1.165, 1.54) is 11.3 Å². The molecule has 0 spiro atoms. The van der Waals surface area contributed by atoms with E-state index in [0.29, 0.717) is 24.0 Å². The van der Waals surface area contributed by atoms with E-state index in [-0.39, 0.29) is 36.8 Å². The number of likely N-dealkylation sites (tertiary alicyclic amines) is 1.